The van der Waals surface area contributed by atoms with Gasteiger partial charge >= 0.3 is 5.97 Å². The number of aliphatic carboxylic acids is 1. The monoisotopic (exact) mass is 298 g/mol. The molecule has 0 aromatic heterocycles. The first-order valence-corrected chi connectivity index (χ1v) is 6.49. The van der Waals surface area contributed by atoms with Crippen LogP contribution >= 0.6 is 0 Å². The molecular formula is C17H11FO4. The van der Waals surface area contributed by atoms with Crippen molar-refractivity contribution in [1.29, 1.82) is 0 Å². The topological polar surface area (TPSA) is 63.6 Å². The van der Waals surface area contributed by atoms with Gasteiger partial charge in [-0.25, -0.2) is 9.18 Å². The first kappa shape index (κ1) is 14.0. The van der Waals surface area contributed by atoms with Crippen molar-refractivity contribution in [2.24, 2.45) is 0 Å². The minimum absolute atomic E-state index is 0.0532. The van der Waals surface area contributed by atoms with Gasteiger partial charge in [-0.05, 0) is 41.5 Å². The molecule has 0 fully saturated rings. The van der Waals surface area contributed by atoms with Crippen LogP contribution in [0.15, 0.2) is 36.4 Å². The van der Waals surface area contributed by atoms with Crippen LogP contribution in [0, 0.1) is 5.82 Å². The zero-order valence-corrected chi connectivity index (χ0v) is 11.6. The predicted molar refractivity (Wildman–Crippen MR) is 78.3 cm³/mol. The molecule has 0 spiro atoms. The SMILES string of the molecule is COc1cc2c(cc1C(=O)c1ccccc1F)C=C2C(=O)O. The molecule has 0 saturated heterocycles. The number of carboxylic acids is 1. The molecule has 4 nitrogen and oxygen atoms in total. The Labute approximate surface area is 125 Å². The summed E-state index contributed by atoms with van der Waals surface area (Å²) in [5.74, 6) is -1.93. The zero-order valence-electron chi connectivity index (χ0n) is 11.6. The molecule has 0 aliphatic heterocycles. The quantitative estimate of drug-likeness (QED) is 0.881. The molecule has 2 aromatic carbocycles. The Hall–Kier alpha value is -2.95. The lowest BCUT2D eigenvalue weighted by atomic mass is 9.85. The van der Waals surface area contributed by atoms with Crippen molar-refractivity contribution < 1.29 is 23.8 Å². The van der Waals surface area contributed by atoms with Gasteiger partial charge in [0.05, 0.1) is 23.8 Å². The highest BCUT2D eigenvalue weighted by Gasteiger charge is 2.27. The Kier molecular flexibility index (Phi) is 3.25. The van der Waals surface area contributed by atoms with E-state index in [1.807, 2.05) is 0 Å². The van der Waals surface area contributed by atoms with Crippen LogP contribution in [-0.4, -0.2) is 24.0 Å². The highest BCUT2D eigenvalue weighted by molar-refractivity contribution is 6.27. The second-order valence-corrected chi connectivity index (χ2v) is 4.81. The summed E-state index contributed by atoms with van der Waals surface area (Å²) < 4.78 is 18.9. The number of carboxylic acid groups (broad SMARTS) is 1. The van der Waals surface area contributed by atoms with Crippen molar-refractivity contribution in [3.63, 3.8) is 0 Å². The number of halogens is 1. The maximum absolute atomic E-state index is 13.8. The van der Waals surface area contributed by atoms with E-state index in [9.17, 15) is 14.0 Å². The number of carbonyl (C=O) groups excluding carboxylic acids is 1. The molecule has 0 bridgehead atoms. The molecule has 1 N–H and O–H groups in total. The lowest BCUT2D eigenvalue weighted by Gasteiger charge is -2.20. The van der Waals surface area contributed by atoms with Gasteiger partial charge in [-0.15, -0.1) is 0 Å². The summed E-state index contributed by atoms with van der Waals surface area (Å²) in [6.45, 7) is 0. The van der Waals surface area contributed by atoms with Crippen molar-refractivity contribution in [2.45, 2.75) is 0 Å². The minimum Gasteiger partial charge on any atom is -0.496 e. The van der Waals surface area contributed by atoms with E-state index >= 15 is 0 Å². The third-order valence-corrected chi connectivity index (χ3v) is 3.56. The number of benzene rings is 2. The van der Waals surface area contributed by atoms with E-state index in [4.69, 9.17) is 9.84 Å². The summed E-state index contributed by atoms with van der Waals surface area (Å²) in [6.07, 6.45) is 1.47. The summed E-state index contributed by atoms with van der Waals surface area (Å²) in [4.78, 5) is 23.5. The molecule has 1 aliphatic carbocycles. The van der Waals surface area contributed by atoms with Crippen molar-refractivity contribution in [2.75, 3.05) is 7.11 Å². The predicted octanol–water partition coefficient (Wildman–Crippen LogP) is 3.00. The molecule has 0 amide bonds. The van der Waals surface area contributed by atoms with Crippen LogP contribution in [-0.2, 0) is 4.79 Å². The van der Waals surface area contributed by atoms with E-state index < -0.39 is 17.6 Å². The fraction of sp³-hybridized carbons (Fsp3) is 0.0588. The molecule has 1 aliphatic rings. The summed E-state index contributed by atoms with van der Waals surface area (Å²) >= 11 is 0. The van der Waals surface area contributed by atoms with E-state index in [0.29, 0.717) is 11.1 Å². The van der Waals surface area contributed by atoms with Crippen LogP contribution in [0.25, 0.3) is 11.6 Å². The van der Waals surface area contributed by atoms with Gasteiger partial charge in [-0.3, -0.25) is 4.79 Å². The number of hydrogen-bond acceptors (Lipinski definition) is 3. The maximum atomic E-state index is 13.8. The number of rotatable bonds is 4. The number of ketones is 1. The van der Waals surface area contributed by atoms with Crippen molar-refractivity contribution in [3.8, 4) is 5.75 Å². The number of ether oxygens (including phenoxy) is 1. The molecule has 5 heteroatoms. The molecule has 110 valence electrons. The lowest BCUT2D eigenvalue weighted by molar-refractivity contribution is -0.130. The Balaban J connectivity index is 2.08. The fourth-order valence-corrected chi connectivity index (χ4v) is 2.42. The molecule has 2 aromatic rings. The van der Waals surface area contributed by atoms with E-state index in [-0.39, 0.29) is 22.4 Å². The van der Waals surface area contributed by atoms with E-state index in [1.165, 1.54) is 43.5 Å². The highest BCUT2D eigenvalue weighted by atomic mass is 19.1. The van der Waals surface area contributed by atoms with Gasteiger partial charge in [0.2, 0.25) is 0 Å². The number of fused-ring (bicyclic) bond motifs is 1. The Morgan fingerprint density at radius 2 is 1.86 bits per heavy atom. The summed E-state index contributed by atoms with van der Waals surface area (Å²) in [7, 11) is 1.38. The number of hydrogen-bond donors (Lipinski definition) is 1. The van der Waals surface area contributed by atoms with Gasteiger partial charge in [-0.1, -0.05) is 12.1 Å². The van der Waals surface area contributed by atoms with E-state index in [0.717, 1.165) is 0 Å². The Morgan fingerprint density at radius 3 is 2.50 bits per heavy atom. The third-order valence-electron chi connectivity index (χ3n) is 3.56. The molecule has 0 saturated carbocycles. The largest absolute Gasteiger partial charge is 0.496 e. The average Bonchev–Trinajstić information content (AvgIpc) is 2.47. The van der Waals surface area contributed by atoms with Gasteiger partial charge in [0.1, 0.15) is 11.6 Å². The summed E-state index contributed by atoms with van der Waals surface area (Å²) in [5, 5.41) is 9.01. The first-order chi connectivity index (χ1) is 10.5. The van der Waals surface area contributed by atoms with Crippen molar-refractivity contribution in [1.82, 2.24) is 0 Å². The smallest absolute Gasteiger partial charge is 0.336 e. The Morgan fingerprint density at radius 1 is 1.14 bits per heavy atom. The van der Waals surface area contributed by atoms with Crippen LogP contribution in [0.1, 0.15) is 27.0 Å². The molecule has 0 atom stereocenters. The number of methoxy groups -OCH3 is 1. The number of carbonyl (C=O) groups is 2. The van der Waals surface area contributed by atoms with E-state index in [2.05, 4.69) is 0 Å². The highest BCUT2D eigenvalue weighted by Crippen LogP contribution is 2.38. The fourth-order valence-electron chi connectivity index (χ4n) is 2.42. The van der Waals surface area contributed by atoms with Crippen LogP contribution in [0.5, 0.6) is 5.75 Å². The molecule has 0 heterocycles. The van der Waals surface area contributed by atoms with Gasteiger partial charge in [-0.2, -0.15) is 0 Å². The molecule has 22 heavy (non-hydrogen) atoms. The molecule has 3 rings (SSSR count). The van der Waals surface area contributed by atoms with Crippen LogP contribution < -0.4 is 4.74 Å². The minimum atomic E-state index is -1.04. The molecule has 0 radical (unpaired) electrons. The van der Waals surface area contributed by atoms with Crippen LogP contribution in [0.4, 0.5) is 4.39 Å². The standard InChI is InChI=1S/C17H11FO4/c1-22-15-8-11-9(6-12(11)17(20)21)7-13(15)16(19)10-4-2-3-5-14(10)18/h2-8H,1H3,(H,20,21). The van der Waals surface area contributed by atoms with Crippen molar-refractivity contribution >= 4 is 23.4 Å². The zero-order chi connectivity index (χ0) is 15.9. The van der Waals surface area contributed by atoms with E-state index in [1.54, 1.807) is 6.07 Å². The van der Waals surface area contributed by atoms with Crippen LogP contribution in [0.2, 0.25) is 0 Å². The van der Waals surface area contributed by atoms with Gasteiger partial charge in [0, 0.05) is 0 Å². The van der Waals surface area contributed by atoms with Gasteiger partial charge in [0.15, 0.2) is 5.78 Å². The Bertz CT molecular complexity index is 837. The van der Waals surface area contributed by atoms with Gasteiger partial charge in [0.25, 0.3) is 0 Å². The average molecular weight is 298 g/mol. The second-order valence-electron chi connectivity index (χ2n) is 4.81. The lowest BCUT2D eigenvalue weighted by Crippen LogP contribution is -2.12. The molecule has 0 unspecified atom stereocenters. The summed E-state index contributed by atoms with van der Waals surface area (Å²) in [6, 6.07) is 8.70. The second kappa shape index (κ2) is 5.11. The maximum Gasteiger partial charge on any atom is 0.336 e. The first-order valence-electron chi connectivity index (χ1n) is 6.49. The van der Waals surface area contributed by atoms with Gasteiger partial charge < -0.3 is 9.84 Å². The summed E-state index contributed by atoms with van der Waals surface area (Å²) in [5.41, 5.74) is 1.44. The third kappa shape index (κ3) is 2.07. The molecular weight excluding hydrogens is 287 g/mol. The van der Waals surface area contributed by atoms with Crippen molar-refractivity contribution in [3.05, 3.63) is 64.5 Å². The van der Waals surface area contributed by atoms with Crippen LogP contribution in [0.3, 0.4) is 0 Å². The normalized spacial score (nSPS) is 12.0.